The van der Waals surface area contributed by atoms with E-state index in [4.69, 9.17) is 0 Å². The lowest BCUT2D eigenvalue weighted by atomic mass is 9.54. The third kappa shape index (κ3) is 2.02. The molecule has 4 bridgehead atoms. The maximum atomic E-state index is 4.09. The van der Waals surface area contributed by atoms with E-state index in [1.165, 1.54) is 25.9 Å². The van der Waals surface area contributed by atoms with Crippen LogP contribution in [0, 0.1) is 23.7 Å². The van der Waals surface area contributed by atoms with Crippen molar-refractivity contribution in [2.45, 2.75) is 57.0 Å². The lowest BCUT2D eigenvalue weighted by molar-refractivity contribution is -0.0201. The minimum atomic E-state index is 0.823. The summed E-state index contributed by atoms with van der Waals surface area (Å²) < 4.78 is 0. The summed E-state index contributed by atoms with van der Waals surface area (Å²) in [6.07, 6.45) is 10.5. The fraction of sp³-hybridized carbons (Fsp3) is 1.00. The van der Waals surface area contributed by atoms with Gasteiger partial charge in [0.1, 0.15) is 0 Å². The predicted molar refractivity (Wildman–Crippen MR) is 74.5 cm³/mol. The summed E-state index contributed by atoms with van der Waals surface area (Å²) in [5, 5.41) is 4.09. The van der Waals surface area contributed by atoms with Gasteiger partial charge in [-0.15, -0.1) is 0 Å². The Morgan fingerprint density at radius 2 is 1.39 bits per heavy atom. The first-order chi connectivity index (χ1) is 8.78. The van der Waals surface area contributed by atoms with Gasteiger partial charge < -0.3 is 10.2 Å². The second kappa shape index (κ2) is 4.49. The van der Waals surface area contributed by atoms with Crippen LogP contribution in [0.3, 0.4) is 0 Å². The summed E-state index contributed by atoms with van der Waals surface area (Å²) >= 11 is 0. The van der Waals surface area contributed by atoms with Crippen molar-refractivity contribution in [1.82, 2.24) is 10.2 Å². The summed E-state index contributed by atoms with van der Waals surface area (Å²) in [7, 11) is 2.26. The van der Waals surface area contributed by atoms with E-state index in [0.29, 0.717) is 0 Å². The van der Waals surface area contributed by atoms with Gasteiger partial charge in [0.2, 0.25) is 0 Å². The molecule has 1 N–H and O–H groups in total. The molecule has 0 unspecified atom stereocenters. The van der Waals surface area contributed by atoms with Crippen LogP contribution in [0.1, 0.15) is 44.9 Å². The van der Waals surface area contributed by atoms with Gasteiger partial charge in [0.15, 0.2) is 0 Å². The number of piperidine rings is 1. The summed E-state index contributed by atoms with van der Waals surface area (Å²) in [6.45, 7) is 2.59. The number of hydrogen-bond donors (Lipinski definition) is 1. The molecular weight excluding hydrogens is 220 g/mol. The Labute approximate surface area is 111 Å². The molecule has 1 heterocycles. The highest BCUT2D eigenvalue weighted by Gasteiger charge is 2.48. The molecular formula is C16H28N2. The van der Waals surface area contributed by atoms with Gasteiger partial charge in [0.25, 0.3) is 0 Å². The molecule has 1 saturated heterocycles. The highest BCUT2D eigenvalue weighted by molar-refractivity contribution is 5.02. The van der Waals surface area contributed by atoms with Gasteiger partial charge in [-0.2, -0.15) is 0 Å². The van der Waals surface area contributed by atoms with Gasteiger partial charge in [-0.25, -0.2) is 0 Å². The Kier molecular flexibility index (Phi) is 2.92. The number of nitrogens with one attached hydrogen (secondary N) is 1. The molecule has 0 spiro atoms. The van der Waals surface area contributed by atoms with E-state index in [1.807, 2.05) is 0 Å². The second-order valence-electron chi connectivity index (χ2n) is 7.70. The Bertz CT molecular complexity index is 278. The van der Waals surface area contributed by atoms with Crippen molar-refractivity contribution in [3.8, 4) is 0 Å². The molecule has 0 radical (unpaired) electrons. The van der Waals surface area contributed by atoms with Crippen molar-refractivity contribution >= 4 is 0 Å². The fourth-order valence-electron chi connectivity index (χ4n) is 5.64. The van der Waals surface area contributed by atoms with Crippen molar-refractivity contribution in [3.63, 3.8) is 0 Å². The van der Waals surface area contributed by atoms with Crippen LogP contribution in [-0.4, -0.2) is 37.1 Å². The van der Waals surface area contributed by atoms with E-state index >= 15 is 0 Å². The molecule has 0 aromatic rings. The fourth-order valence-corrected chi connectivity index (χ4v) is 5.64. The largest absolute Gasteiger partial charge is 0.311 e. The normalized spacial score (nSPS) is 48.8. The van der Waals surface area contributed by atoms with Gasteiger partial charge in [0, 0.05) is 12.1 Å². The molecule has 5 fully saturated rings. The molecule has 4 aliphatic carbocycles. The van der Waals surface area contributed by atoms with Crippen molar-refractivity contribution in [2.75, 3.05) is 20.1 Å². The maximum Gasteiger partial charge on any atom is 0.0127 e. The second-order valence-corrected chi connectivity index (χ2v) is 7.70. The Balaban J connectivity index is 1.40. The molecule has 0 amide bonds. The molecule has 2 heteroatoms. The van der Waals surface area contributed by atoms with Gasteiger partial charge in [-0.1, -0.05) is 0 Å². The lowest BCUT2D eigenvalue weighted by Gasteiger charge is -2.55. The molecule has 0 aromatic heterocycles. The SMILES string of the molecule is CN1CCC(NC2C3CC4CC(C3)CC2C4)CC1. The van der Waals surface area contributed by atoms with Gasteiger partial charge in [0.05, 0.1) is 0 Å². The maximum absolute atomic E-state index is 4.09. The molecule has 0 aromatic carbocycles. The lowest BCUT2D eigenvalue weighted by Crippen LogP contribution is -2.57. The zero-order valence-corrected chi connectivity index (χ0v) is 11.8. The standard InChI is InChI=1S/C16H28N2/c1-18-4-2-15(3-5-18)17-16-13-7-11-6-12(9-13)10-14(16)8-11/h11-17H,2-10H2,1H3. The topological polar surface area (TPSA) is 15.3 Å². The zero-order chi connectivity index (χ0) is 12.1. The minimum Gasteiger partial charge on any atom is -0.311 e. The van der Waals surface area contributed by atoms with Crippen LogP contribution < -0.4 is 5.32 Å². The van der Waals surface area contributed by atoms with Crippen LogP contribution in [0.5, 0.6) is 0 Å². The summed E-state index contributed by atoms with van der Waals surface area (Å²) in [5.41, 5.74) is 0. The monoisotopic (exact) mass is 248 g/mol. The summed E-state index contributed by atoms with van der Waals surface area (Å²) in [6, 6.07) is 1.72. The third-order valence-electron chi connectivity index (χ3n) is 6.37. The average Bonchev–Trinajstić information content (AvgIpc) is 2.35. The van der Waals surface area contributed by atoms with E-state index < -0.39 is 0 Å². The molecule has 1 aliphatic heterocycles. The van der Waals surface area contributed by atoms with E-state index in [2.05, 4.69) is 17.3 Å². The Morgan fingerprint density at radius 3 is 1.94 bits per heavy atom. The van der Waals surface area contributed by atoms with E-state index in [-0.39, 0.29) is 0 Å². The minimum absolute atomic E-state index is 0.823. The Hall–Kier alpha value is -0.0800. The van der Waals surface area contributed by atoms with Crippen LogP contribution in [0.15, 0.2) is 0 Å². The summed E-state index contributed by atoms with van der Waals surface area (Å²) in [5.74, 6) is 4.31. The van der Waals surface area contributed by atoms with E-state index in [9.17, 15) is 0 Å². The van der Waals surface area contributed by atoms with E-state index in [0.717, 1.165) is 35.8 Å². The smallest absolute Gasteiger partial charge is 0.0127 e. The van der Waals surface area contributed by atoms with Gasteiger partial charge in [-0.05, 0) is 88.8 Å². The van der Waals surface area contributed by atoms with Crippen molar-refractivity contribution in [1.29, 1.82) is 0 Å². The van der Waals surface area contributed by atoms with Gasteiger partial charge >= 0.3 is 0 Å². The number of hydrogen-bond acceptors (Lipinski definition) is 2. The molecule has 18 heavy (non-hydrogen) atoms. The number of rotatable bonds is 2. The first-order valence-corrected chi connectivity index (χ1v) is 8.22. The number of likely N-dealkylation sites (tertiary alicyclic amines) is 1. The molecule has 5 aliphatic rings. The summed E-state index contributed by atoms with van der Waals surface area (Å²) in [4.78, 5) is 2.48. The van der Waals surface area contributed by atoms with Gasteiger partial charge in [-0.3, -0.25) is 0 Å². The van der Waals surface area contributed by atoms with Crippen molar-refractivity contribution in [2.24, 2.45) is 23.7 Å². The van der Waals surface area contributed by atoms with Crippen LogP contribution in [-0.2, 0) is 0 Å². The highest BCUT2D eigenvalue weighted by atomic mass is 15.1. The number of nitrogens with zero attached hydrogens (tertiary/aromatic N) is 1. The molecule has 0 atom stereocenters. The quantitative estimate of drug-likeness (QED) is 0.808. The highest BCUT2D eigenvalue weighted by Crippen LogP contribution is 2.53. The van der Waals surface area contributed by atoms with E-state index in [1.54, 1.807) is 32.1 Å². The van der Waals surface area contributed by atoms with Crippen molar-refractivity contribution < 1.29 is 0 Å². The van der Waals surface area contributed by atoms with Crippen molar-refractivity contribution in [3.05, 3.63) is 0 Å². The molecule has 5 rings (SSSR count). The first-order valence-electron chi connectivity index (χ1n) is 8.22. The average molecular weight is 248 g/mol. The molecule has 4 saturated carbocycles. The van der Waals surface area contributed by atoms with Crippen LogP contribution in [0.2, 0.25) is 0 Å². The Morgan fingerprint density at radius 1 is 0.833 bits per heavy atom. The molecule has 102 valence electrons. The van der Waals surface area contributed by atoms with Crippen LogP contribution >= 0.6 is 0 Å². The molecule has 2 nitrogen and oxygen atoms in total. The van der Waals surface area contributed by atoms with Crippen LogP contribution in [0.4, 0.5) is 0 Å². The zero-order valence-electron chi connectivity index (χ0n) is 11.8. The third-order valence-corrected chi connectivity index (χ3v) is 6.37. The van der Waals surface area contributed by atoms with Crippen LogP contribution in [0.25, 0.3) is 0 Å². The first kappa shape index (κ1) is 11.7. The predicted octanol–water partition coefficient (Wildman–Crippen LogP) is 2.49.